The molecule has 2 aromatic rings. The first-order valence-electron chi connectivity index (χ1n) is 8.62. The fraction of sp³-hybridized carbons (Fsp3) is 0.556. The molecular weight excluding hydrogens is 507 g/mol. The average Bonchev–Trinajstić information content (AvgIpc) is 2.98. The number of guanidine groups is 1. The number of halogens is 2. The largest absolute Gasteiger partial charge is 0.357 e. The Labute approximate surface area is 182 Å². The quantitative estimate of drug-likeness (QED) is 0.350. The predicted molar refractivity (Wildman–Crippen MR) is 122 cm³/mol. The topological polar surface area (TPSA) is 50.4 Å². The molecule has 0 aliphatic carbocycles. The average molecular weight is 537 g/mol. The van der Waals surface area contributed by atoms with Crippen LogP contribution in [0.15, 0.2) is 21.7 Å². The van der Waals surface area contributed by atoms with Crippen LogP contribution >= 0.6 is 39.9 Å². The van der Waals surface area contributed by atoms with Crippen LogP contribution in [-0.2, 0) is 27.1 Å². The molecule has 0 aromatic carbocycles. The summed E-state index contributed by atoms with van der Waals surface area (Å²) >= 11 is 3.53. The van der Waals surface area contributed by atoms with Gasteiger partial charge in [0, 0.05) is 56.3 Å². The van der Waals surface area contributed by atoms with Gasteiger partial charge in [-0.25, -0.2) is 0 Å². The molecule has 146 valence electrons. The van der Waals surface area contributed by atoms with Gasteiger partial charge in [-0.15, -0.1) is 24.0 Å². The second-order valence-corrected chi connectivity index (χ2v) is 7.29. The van der Waals surface area contributed by atoms with Crippen LogP contribution in [0, 0.1) is 13.8 Å². The Balaban J connectivity index is 0.00000338. The van der Waals surface area contributed by atoms with Crippen LogP contribution in [0.2, 0.25) is 0 Å². The summed E-state index contributed by atoms with van der Waals surface area (Å²) in [6.45, 7) is 8.68. The van der Waals surface area contributed by atoms with E-state index in [-0.39, 0.29) is 24.0 Å². The van der Waals surface area contributed by atoms with Gasteiger partial charge in [-0.2, -0.15) is 5.10 Å². The molecule has 0 radical (unpaired) electrons. The Hall–Kier alpha value is -1.03. The van der Waals surface area contributed by atoms with E-state index in [0.717, 1.165) is 42.2 Å². The molecule has 2 heterocycles. The third-order valence-electron chi connectivity index (χ3n) is 4.45. The first kappa shape index (κ1) is 23.0. The van der Waals surface area contributed by atoms with Gasteiger partial charge in [0.2, 0.25) is 0 Å². The summed E-state index contributed by atoms with van der Waals surface area (Å²) in [6.07, 6.45) is 2.98. The van der Waals surface area contributed by atoms with E-state index in [9.17, 15) is 0 Å². The van der Waals surface area contributed by atoms with Crippen LogP contribution in [0.4, 0.5) is 0 Å². The molecule has 0 amide bonds. The van der Waals surface area contributed by atoms with Crippen LogP contribution in [0.3, 0.4) is 0 Å². The zero-order valence-electron chi connectivity index (χ0n) is 16.5. The van der Waals surface area contributed by atoms with Crippen molar-refractivity contribution in [3.63, 3.8) is 0 Å². The van der Waals surface area contributed by atoms with Gasteiger partial charge in [-0.3, -0.25) is 9.67 Å². The molecule has 0 aliphatic heterocycles. The Morgan fingerprint density at radius 1 is 1.35 bits per heavy atom. The van der Waals surface area contributed by atoms with Gasteiger partial charge in [-0.1, -0.05) is 0 Å². The third-order valence-corrected chi connectivity index (χ3v) is 4.89. The van der Waals surface area contributed by atoms with E-state index in [2.05, 4.69) is 82.9 Å². The number of nitrogens with zero attached hydrogens (tertiary/aromatic N) is 5. The van der Waals surface area contributed by atoms with Crippen molar-refractivity contribution >= 4 is 45.9 Å². The highest BCUT2D eigenvalue weighted by Gasteiger charge is 2.11. The maximum absolute atomic E-state index is 4.81. The molecule has 8 heteroatoms. The van der Waals surface area contributed by atoms with Gasteiger partial charge in [0.1, 0.15) is 0 Å². The van der Waals surface area contributed by atoms with Gasteiger partial charge in [0.05, 0.1) is 12.2 Å². The highest BCUT2D eigenvalue weighted by atomic mass is 127. The van der Waals surface area contributed by atoms with Crippen molar-refractivity contribution in [1.29, 1.82) is 0 Å². The summed E-state index contributed by atoms with van der Waals surface area (Å²) in [6, 6.07) is 2.14. The van der Waals surface area contributed by atoms with Crippen molar-refractivity contribution in [1.82, 2.24) is 24.6 Å². The number of aryl methyl sites for hydroxylation is 3. The normalized spacial score (nSPS) is 11.4. The molecule has 2 aromatic heterocycles. The molecule has 6 nitrogen and oxygen atoms in total. The zero-order valence-corrected chi connectivity index (χ0v) is 20.4. The summed E-state index contributed by atoms with van der Waals surface area (Å²) in [5.74, 6) is 0.930. The minimum Gasteiger partial charge on any atom is -0.357 e. The van der Waals surface area contributed by atoms with Crippen molar-refractivity contribution < 1.29 is 0 Å². The van der Waals surface area contributed by atoms with E-state index >= 15 is 0 Å². The zero-order chi connectivity index (χ0) is 18.6. The van der Waals surface area contributed by atoms with Crippen molar-refractivity contribution in [2.45, 2.75) is 33.7 Å². The number of aliphatic imine (C=N–C) groups is 1. The summed E-state index contributed by atoms with van der Waals surface area (Å²) < 4.78 is 5.17. The van der Waals surface area contributed by atoms with Crippen molar-refractivity contribution in [2.24, 2.45) is 19.1 Å². The Kier molecular flexibility index (Phi) is 9.15. The maximum Gasteiger partial charge on any atom is 0.194 e. The summed E-state index contributed by atoms with van der Waals surface area (Å²) in [4.78, 5) is 6.97. The SMILES string of the molecule is CCNC(=NCCc1c(C)nn(C)c1C)N(C)Cc1cc(Br)cn1C.I. The van der Waals surface area contributed by atoms with Gasteiger partial charge in [-0.05, 0) is 54.8 Å². The van der Waals surface area contributed by atoms with E-state index in [4.69, 9.17) is 4.99 Å². The summed E-state index contributed by atoms with van der Waals surface area (Å²) in [5, 5.41) is 7.87. The predicted octanol–water partition coefficient (Wildman–Crippen LogP) is 3.40. The fourth-order valence-electron chi connectivity index (χ4n) is 2.96. The second-order valence-electron chi connectivity index (χ2n) is 6.38. The van der Waals surface area contributed by atoms with Crippen LogP contribution in [0.5, 0.6) is 0 Å². The summed E-state index contributed by atoms with van der Waals surface area (Å²) in [5.41, 5.74) is 4.86. The van der Waals surface area contributed by atoms with Crippen LogP contribution in [0.25, 0.3) is 0 Å². The lowest BCUT2D eigenvalue weighted by Gasteiger charge is -2.22. The van der Waals surface area contributed by atoms with Crippen molar-refractivity contribution in [3.05, 3.63) is 39.4 Å². The first-order chi connectivity index (χ1) is 11.8. The molecule has 26 heavy (non-hydrogen) atoms. The molecule has 2 rings (SSSR count). The van der Waals surface area contributed by atoms with E-state index in [1.54, 1.807) is 0 Å². The van der Waals surface area contributed by atoms with Crippen LogP contribution in [-0.4, -0.2) is 45.3 Å². The van der Waals surface area contributed by atoms with Crippen LogP contribution < -0.4 is 5.32 Å². The lowest BCUT2D eigenvalue weighted by Crippen LogP contribution is -2.39. The molecule has 0 unspecified atom stereocenters. The third kappa shape index (κ3) is 5.73. The maximum atomic E-state index is 4.81. The fourth-order valence-corrected chi connectivity index (χ4v) is 3.54. The lowest BCUT2D eigenvalue weighted by molar-refractivity contribution is 0.462. The van der Waals surface area contributed by atoms with E-state index in [1.165, 1.54) is 17.0 Å². The number of nitrogens with one attached hydrogen (secondary N) is 1. The van der Waals surface area contributed by atoms with Gasteiger partial charge in [0.15, 0.2) is 5.96 Å². The number of hydrogen-bond donors (Lipinski definition) is 1. The van der Waals surface area contributed by atoms with Crippen LogP contribution in [0.1, 0.15) is 29.6 Å². The molecule has 0 atom stereocenters. The van der Waals surface area contributed by atoms with Gasteiger partial charge < -0.3 is 14.8 Å². The number of aromatic nitrogens is 3. The highest BCUT2D eigenvalue weighted by molar-refractivity contribution is 14.0. The van der Waals surface area contributed by atoms with Gasteiger partial charge in [0.25, 0.3) is 0 Å². The van der Waals surface area contributed by atoms with E-state index < -0.39 is 0 Å². The smallest absolute Gasteiger partial charge is 0.194 e. The van der Waals surface area contributed by atoms with E-state index in [1.807, 2.05) is 11.7 Å². The molecule has 0 fully saturated rings. The van der Waals surface area contributed by atoms with E-state index in [0.29, 0.717) is 0 Å². The Bertz CT molecular complexity index is 749. The minimum absolute atomic E-state index is 0. The standard InChI is InChI=1S/C18H29BrN6.HI/c1-7-20-18(24(5)12-16-10-15(19)11-23(16)4)21-9-8-17-13(2)22-25(6)14(17)3;/h10-11H,7-9,12H2,1-6H3,(H,20,21);1H. The molecule has 0 saturated carbocycles. The second kappa shape index (κ2) is 10.3. The molecule has 0 bridgehead atoms. The lowest BCUT2D eigenvalue weighted by atomic mass is 10.1. The molecular formula is C18H30BrIN6. The monoisotopic (exact) mass is 536 g/mol. The minimum atomic E-state index is 0. The highest BCUT2D eigenvalue weighted by Crippen LogP contribution is 2.15. The van der Waals surface area contributed by atoms with Crippen molar-refractivity contribution in [2.75, 3.05) is 20.1 Å². The Morgan fingerprint density at radius 3 is 2.54 bits per heavy atom. The van der Waals surface area contributed by atoms with Gasteiger partial charge >= 0.3 is 0 Å². The first-order valence-corrected chi connectivity index (χ1v) is 9.42. The number of hydrogen-bond acceptors (Lipinski definition) is 2. The summed E-state index contributed by atoms with van der Waals surface area (Å²) in [7, 11) is 6.12. The van der Waals surface area contributed by atoms with Crippen molar-refractivity contribution in [3.8, 4) is 0 Å². The molecule has 1 N–H and O–H groups in total. The Morgan fingerprint density at radius 2 is 2.04 bits per heavy atom. The molecule has 0 saturated heterocycles. The molecule has 0 aliphatic rings. The number of rotatable bonds is 6. The molecule has 0 spiro atoms.